The monoisotopic (exact) mass is 382 g/mol. The first kappa shape index (κ1) is 19.5. The van der Waals surface area contributed by atoms with Gasteiger partial charge in [-0.15, -0.1) is 0 Å². The van der Waals surface area contributed by atoms with E-state index in [2.05, 4.69) is 5.32 Å². The molecule has 2 atom stereocenters. The number of amides is 2. The second-order valence-electron chi connectivity index (χ2n) is 6.70. The van der Waals surface area contributed by atoms with Crippen molar-refractivity contribution in [1.82, 2.24) is 5.32 Å². The van der Waals surface area contributed by atoms with Crippen LogP contribution in [0.4, 0.5) is 5.69 Å². The molecule has 1 aliphatic heterocycles. The number of aryl methyl sites for hydroxylation is 1. The van der Waals surface area contributed by atoms with Gasteiger partial charge in [-0.05, 0) is 24.6 Å². The lowest BCUT2D eigenvalue weighted by atomic mass is 10.0. The van der Waals surface area contributed by atoms with E-state index in [1.165, 1.54) is 11.8 Å². The average molecular weight is 382 g/mol. The van der Waals surface area contributed by atoms with Crippen LogP contribution in [0.3, 0.4) is 0 Å². The quantitative estimate of drug-likeness (QED) is 0.358. The number of carbonyl (C=O) groups excluding carboxylic acids is 2. The van der Waals surface area contributed by atoms with Crippen LogP contribution in [0, 0.1) is 12.3 Å². The molecule has 8 heteroatoms. The summed E-state index contributed by atoms with van der Waals surface area (Å²) in [5.41, 5.74) is 8.37. The van der Waals surface area contributed by atoms with Crippen molar-refractivity contribution in [1.29, 1.82) is 5.41 Å². The molecule has 0 spiro atoms. The third-order valence-corrected chi connectivity index (χ3v) is 4.53. The molecule has 3 rings (SSSR count). The molecule has 8 nitrogen and oxygen atoms in total. The zero-order valence-corrected chi connectivity index (χ0v) is 15.6. The van der Waals surface area contributed by atoms with Gasteiger partial charge in [-0.2, -0.15) is 0 Å². The number of anilines is 1. The number of benzene rings is 2. The maximum Gasteiger partial charge on any atom is 0.333 e. The summed E-state index contributed by atoms with van der Waals surface area (Å²) in [6.07, 6.45) is 0. The van der Waals surface area contributed by atoms with Crippen molar-refractivity contribution in [2.24, 2.45) is 5.73 Å². The highest BCUT2D eigenvalue weighted by molar-refractivity contribution is 6.01. The summed E-state index contributed by atoms with van der Waals surface area (Å²) in [7, 11) is 0. The van der Waals surface area contributed by atoms with Crippen LogP contribution in [0.2, 0.25) is 0 Å². The number of hydrogen-bond donors (Lipinski definition) is 4. The molecule has 0 aromatic heterocycles. The third-order valence-electron chi connectivity index (χ3n) is 4.53. The van der Waals surface area contributed by atoms with Gasteiger partial charge in [-0.3, -0.25) is 25.2 Å². The zero-order chi connectivity index (χ0) is 20.5. The molecule has 2 amide bonds. The molecule has 146 valence electrons. The van der Waals surface area contributed by atoms with E-state index in [1.807, 2.05) is 19.1 Å². The Morgan fingerprint density at radius 1 is 1.25 bits per heavy atom. The van der Waals surface area contributed by atoms with Crippen molar-refractivity contribution >= 4 is 23.3 Å². The number of nitrogens with one attached hydrogen (secondary N) is 2. The first-order valence-electron chi connectivity index (χ1n) is 8.71. The normalized spacial score (nSPS) is 22.0. The smallest absolute Gasteiger partial charge is 0.333 e. The Labute approximate surface area is 162 Å². The zero-order valence-electron chi connectivity index (χ0n) is 15.6. The van der Waals surface area contributed by atoms with E-state index in [0.29, 0.717) is 11.3 Å². The predicted octanol–water partition coefficient (Wildman–Crippen LogP) is 1.17. The van der Waals surface area contributed by atoms with Crippen molar-refractivity contribution in [2.75, 3.05) is 11.5 Å². The molecule has 0 unspecified atom stereocenters. The fourth-order valence-corrected chi connectivity index (χ4v) is 3.10. The van der Waals surface area contributed by atoms with Gasteiger partial charge in [-0.25, -0.2) is 0 Å². The minimum atomic E-state index is -2.44. The van der Waals surface area contributed by atoms with E-state index in [4.69, 9.17) is 15.9 Å². The Balaban J connectivity index is 2.03. The van der Waals surface area contributed by atoms with Crippen LogP contribution >= 0.6 is 0 Å². The number of nitrogen functional groups attached to an aromatic ring is 1. The molecule has 1 saturated heterocycles. The van der Waals surface area contributed by atoms with Crippen molar-refractivity contribution in [3.8, 4) is 0 Å². The van der Waals surface area contributed by atoms with E-state index in [0.717, 1.165) is 11.1 Å². The van der Waals surface area contributed by atoms with Gasteiger partial charge in [0, 0.05) is 18.2 Å². The number of morpholine rings is 1. The number of rotatable bonds is 4. The molecule has 0 radical (unpaired) electrons. The number of ether oxygens (including phenoxy) is 1. The Hall–Kier alpha value is -3.23. The molecule has 0 aliphatic carbocycles. The number of amidine groups is 1. The van der Waals surface area contributed by atoms with Crippen molar-refractivity contribution in [3.05, 3.63) is 65.2 Å². The van der Waals surface area contributed by atoms with Gasteiger partial charge in [0.2, 0.25) is 5.91 Å². The number of carbonyl (C=O) groups is 2. The van der Waals surface area contributed by atoms with Gasteiger partial charge >= 0.3 is 11.8 Å². The van der Waals surface area contributed by atoms with Crippen molar-refractivity contribution in [2.45, 2.75) is 25.8 Å². The second kappa shape index (κ2) is 7.41. The summed E-state index contributed by atoms with van der Waals surface area (Å²) in [6, 6.07) is 13.6. The SMILES string of the molecule is CC(=O)N[C@]1(O)OC[C@@H](c2ccc(C(=N)N)cc2)N(c2ccc(C)cc2)C1=O. The Morgan fingerprint density at radius 2 is 1.86 bits per heavy atom. The van der Waals surface area contributed by atoms with E-state index < -0.39 is 23.8 Å². The van der Waals surface area contributed by atoms with Crippen LogP contribution < -0.4 is 16.0 Å². The van der Waals surface area contributed by atoms with E-state index in [-0.39, 0.29) is 12.4 Å². The summed E-state index contributed by atoms with van der Waals surface area (Å²) in [4.78, 5) is 26.0. The van der Waals surface area contributed by atoms with Gasteiger partial charge in [0.15, 0.2) is 0 Å². The standard InChI is InChI=1S/C20H22N4O4/c1-12-3-9-16(10-4-12)24-17(14-5-7-15(8-6-14)18(21)22)11-28-20(27,19(24)26)23-13(2)25/h3-10,17,27H,11H2,1-2H3,(H3,21,22)(H,23,25)/t17-,20+/m0/s1. The molecule has 5 N–H and O–H groups in total. The first-order chi connectivity index (χ1) is 13.2. The Kier molecular flexibility index (Phi) is 5.17. The van der Waals surface area contributed by atoms with Crippen molar-refractivity contribution < 1.29 is 19.4 Å². The minimum Gasteiger partial charge on any atom is -0.384 e. The molecule has 1 aliphatic rings. The number of aliphatic hydroxyl groups is 1. The lowest BCUT2D eigenvalue weighted by Crippen LogP contribution is -2.66. The van der Waals surface area contributed by atoms with Gasteiger partial charge in [0.05, 0.1) is 12.6 Å². The lowest BCUT2D eigenvalue weighted by molar-refractivity contribution is -0.230. The minimum absolute atomic E-state index is 0.0458. The molecular formula is C20H22N4O4. The molecule has 28 heavy (non-hydrogen) atoms. The van der Waals surface area contributed by atoms with Crippen LogP contribution in [0.15, 0.2) is 48.5 Å². The van der Waals surface area contributed by atoms with Gasteiger partial charge in [-0.1, -0.05) is 42.0 Å². The molecule has 0 saturated carbocycles. The summed E-state index contributed by atoms with van der Waals surface area (Å²) in [5.74, 6) is -3.88. The largest absolute Gasteiger partial charge is 0.384 e. The highest BCUT2D eigenvalue weighted by Crippen LogP contribution is 2.34. The number of nitrogens with two attached hydrogens (primary N) is 1. The van der Waals surface area contributed by atoms with E-state index >= 15 is 0 Å². The van der Waals surface area contributed by atoms with Gasteiger partial charge in [0.1, 0.15) is 5.84 Å². The van der Waals surface area contributed by atoms with Crippen LogP contribution in [-0.2, 0) is 14.3 Å². The number of hydrogen-bond acceptors (Lipinski definition) is 5. The third kappa shape index (κ3) is 3.73. The van der Waals surface area contributed by atoms with Crippen LogP contribution in [0.25, 0.3) is 0 Å². The maximum absolute atomic E-state index is 13.1. The second-order valence-corrected chi connectivity index (χ2v) is 6.70. The van der Waals surface area contributed by atoms with Crippen LogP contribution in [-0.4, -0.2) is 35.3 Å². The fraction of sp³-hybridized carbons (Fsp3) is 0.250. The molecule has 0 bridgehead atoms. The Morgan fingerprint density at radius 3 is 2.39 bits per heavy atom. The fourth-order valence-electron chi connectivity index (χ4n) is 3.10. The molecule has 2 aromatic rings. The molecule has 1 heterocycles. The molecule has 2 aromatic carbocycles. The summed E-state index contributed by atoms with van der Waals surface area (Å²) in [6.45, 7) is 3.07. The lowest BCUT2D eigenvalue weighted by Gasteiger charge is -2.43. The first-order valence-corrected chi connectivity index (χ1v) is 8.71. The highest BCUT2D eigenvalue weighted by atomic mass is 16.7. The highest BCUT2D eigenvalue weighted by Gasteiger charge is 2.49. The molecule has 1 fully saturated rings. The molecular weight excluding hydrogens is 360 g/mol. The predicted molar refractivity (Wildman–Crippen MR) is 104 cm³/mol. The van der Waals surface area contributed by atoms with E-state index in [9.17, 15) is 14.7 Å². The van der Waals surface area contributed by atoms with E-state index in [1.54, 1.807) is 36.4 Å². The maximum atomic E-state index is 13.1. The van der Waals surface area contributed by atoms with Crippen LogP contribution in [0.1, 0.15) is 29.7 Å². The number of nitrogens with zero attached hydrogens (tertiary/aromatic N) is 1. The average Bonchev–Trinajstić information content (AvgIpc) is 2.64. The summed E-state index contributed by atoms with van der Waals surface area (Å²) < 4.78 is 5.37. The Bertz CT molecular complexity index is 911. The summed E-state index contributed by atoms with van der Waals surface area (Å²) >= 11 is 0. The van der Waals surface area contributed by atoms with Gasteiger partial charge in [0.25, 0.3) is 0 Å². The van der Waals surface area contributed by atoms with Crippen molar-refractivity contribution in [3.63, 3.8) is 0 Å². The summed E-state index contributed by atoms with van der Waals surface area (Å²) in [5, 5.41) is 20.3. The van der Waals surface area contributed by atoms with Crippen LogP contribution in [0.5, 0.6) is 0 Å². The van der Waals surface area contributed by atoms with Gasteiger partial charge < -0.3 is 15.6 Å². The topological polar surface area (TPSA) is 129 Å².